The van der Waals surface area contributed by atoms with Crippen LogP contribution in [0.5, 0.6) is 0 Å². The third-order valence-electron chi connectivity index (χ3n) is 9.27. The van der Waals surface area contributed by atoms with Crippen molar-refractivity contribution in [3.05, 3.63) is 108 Å². The fraction of sp³-hybridized carbons (Fsp3) is 0.455. The Morgan fingerprint density at radius 3 is 1.42 bits per heavy atom. The number of hydrogen-bond donors (Lipinski definition) is 9. The number of carbonyl (C=O) groups excluding carboxylic acids is 6. The molecule has 6 atom stereocenters. The maximum absolute atomic E-state index is 13.2. The number of carbonyl (C=O) groups is 6. The van der Waals surface area contributed by atoms with Gasteiger partial charge in [-0.25, -0.2) is 0 Å². The van der Waals surface area contributed by atoms with Gasteiger partial charge in [-0.15, -0.1) is 11.8 Å². The van der Waals surface area contributed by atoms with Gasteiger partial charge in [-0.2, -0.15) is 37.9 Å². The molecule has 16 heteroatoms. The molecule has 0 aliphatic heterocycles. The van der Waals surface area contributed by atoms with Crippen LogP contribution >= 0.6 is 49.6 Å². The first-order valence-electron chi connectivity index (χ1n) is 20.0. The van der Waals surface area contributed by atoms with Crippen molar-refractivity contribution in [2.75, 3.05) is 23.0 Å². The smallest absolute Gasteiger partial charge is 0.240 e. The van der Waals surface area contributed by atoms with Gasteiger partial charge in [-0.1, -0.05) is 126 Å². The lowest BCUT2D eigenvalue weighted by molar-refractivity contribution is -0.131. The minimum atomic E-state index is -0.869. The molecular weight excluding hydrogens is 837 g/mol. The van der Waals surface area contributed by atoms with Crippen molar-refractivity contribution < 1.29 is 30.1 Å². The molecule has 332 valence electrons. The summed E-state index contributed by atoms with van der Waals surface area (Å²) in [7, 11) is 0. The topological polar surface area (TPSA) is 231 Å². The molecular formula is C44H66N6O6S4. The Labute approximate surface area is 378 Å². The molecule has 0 aliphatic rings. The van der Waals surface area contributed by atoms with E-state index >= 15 is 0 Å². The van der Waals surface area contributed by atoms with E-state index in [1.807, 2.05) is 68.4 Å². The summed E-state index contributed by atoms with van der Waals surface area (Å²) in [5, 5.41) is 5.17. The Morgan fingerprint density at radius 1 is 0.633 bits per heavy atom. The first kappa shape index (κ1) is 54.2. The van der Waals surface area contributed by atoms with Gasteiger partial charge in [0.25, 0.3) is 0 Å². The quantitative estimate of drug-likeness (QED) is 0.0473. The lowest BCUT2D eigenvalue weighted by Gasteiger charge is -2.36. The molecule has 0 heterocycles. The highest BCUT2D eigenvalue weighted by Crippen LogP contribution is 2.49. The molecule has 0 radical (unpaired) electrons. The fourth-order valence-corrected chi connectivity index (χ4v) is 8.14. The van der Waals surface area contributed by atoms with E-state index in [1.54, 1.807) is 18.7 Å². The van der Waals surface area contributed by atoms with Crippen LogP contribution in [0.3, 0.4) is 0 Å². The van der Waals surface area contributed by atoms with Gasteiger partial charge in [0, 0.05) is 37.2 Å². The number of nitrogens with one attached hydrogen (secondary N) is 2. The molecule has 4 amide bonds. The lowest BCUT2D eigenvalue weighted by Crippen LogP contribution is -2.48. The second-order valence-electron chi connectivity index (χ2n) is 13.3. The van der Waals surface area contributed by atoms with E-state index in [2.05, 4.69) is 84.9 Å². The lowest BCUT2D eigenvalue weighted by atomic mass is 9.84. The summed E-state index contributed by atoms with van der Waals surface area (Å²) < 4.78 is 5.58. The normalized spacial score (nSPS) is 13.9. The number of primary amides is 2. The zero-order valence-corrected chi connectivity index (χ0v) is 37.5. The van der Waals surface area contributed by atoms with Crippen LogP contribution in [0.2, 0.25) is 0 Å². The summed E-state index contributed by atoms with van der Waals surface area (Å²) in [6.45, 7) is 5.92. The third kappa shape index (κ3) is 17.3. The molecule has 12 nitrogen and oxygen atoms in total. The van der Waals surface area contributed by atoms with Gasteiger partial charge in [0.1, 0.15) is 6.04 Å². The van der Waals surface area contributed by atoms with E-state index < -0.39 is 58.5 Å². The molecule has 0 unspecified atom stereocenters. The van der Waals surface area contributed by atoms with Crippen molar-refractivity contribution in [3.63, 3.8) is 0 Å². The maximum atomic E-state index is 13.2. The first-order chi connectivity index (χ1) is 28.6. The van der Waals surface area contributed by atoms with Gasteiger partial charge in [0.2, 0.25) is 23.6 Å². The molecule has 0 spiro atoms. The number of thiol groups is 3. The average molecular weight is 904 g/mol. The number of nitrogens with two attached hydrogens (primary N) is 4. The van der Waals surface area contributed by atoms with Gasteiger partial charge >= 0.3 is 0 Å². The molecule has 60 heavy (non-hydrogen) atoms. The largest absolute Gasteiger partial charge is 0.369 e. The number of benzene rings is 3. The third-order valence-corrected chi connectivity index (χ3v) is 12.2. The van der Waals surface area contributed by atoms with Gasteiger partial charge in [0.15, 0.2) is 11.6 Å². The molecule has 0 bridgehead atoms. The Hall–Kier alpha value is -3.80. The van der Waals surface area contributed by atoms with E-state index in [0.717, 1.165) is 16.7 Å². The van der Waals surface area contributed by atoms with Crippen molar-refractivity contribution in [1.82, 2.24) is 10.6 Å². The van der Waals surface area contributed by atoms with Gasteiger partial charge in [-0.05, 0) is 29.5 Å². The van der Waals surface area contributed by atoms with Gasteiger partial charge < -0.3 is 33.6 Å². The molecule has 3 rings (SSSR count). The summed E-state index contributed by atoms with van der Waals surface area (Å²) in [6.07, 6.45) is 0.769. The van der Waals surface area contributed by atoms with Crippen LogP contribution in [0.4, 0.5) is 0 Å². The van der Waals surface area contributed by atoms with Crippen LogP contribution in [-0.4, -0.2) is 82.4 Å². The van der Waals surface area contributed by atoms with Crippen molar-refractivity contribution in [2.45, 2.75) is 89.7 Å². The van der Waals surface area contributed by atoms with E-state index in [-0.39, 0.29) is 55.0 Å². The Morgan fingerprint density at radius 2 is 1.07 bits per heavy atom. The van der Waals surface area contributed by atoms with Crippen LogP contribution in [0.1, 0.15) is 78.8 Å². The predicted octanol–water partition coefficient (Wildman–Crippen LogP) is 4.72. The Bertz CT molecular complexity index is 1670. The van der Waals surface area contributed by atoms with Crippen LogP contribution < -0.4 is 33.6 Å². The number of thioether (sulfide) groups is 1. The molecule has 0 aromatic heterocycles. The monoisotopic (exact) mass is 903 g/mol. The predicted molar refractivity (Wildman–Crippen MR) is 256 cm³/mol. The van der Waals surface area contributed by atoms with Crippen molar-refractivity contribution in [1.29, 1.82) is 0 Å². The minimum Gasteiger partial charge on any atom is -0.369 e. The molecule has 10 N–H and O–H groups in total. The standard InChI is InChI=1S/C31H37N3O3S.C10H19N3O3S3.C2H6.CH4/c1-3-26(32)30(37)34-27(4-2)28(35)20-22(29(33)36)21-38-31(23-14-8-5-9-15-23,24-16-10-6-11-17-24)25-18-12-7-13-19-25;11-6(3-18)8(14)1-5(2-17)10(16)13-7(4-19)9(12)15;1-2;/h5-19,22,26-27H,3-4,20-21,32H2,1-2H3,(H2,33,36)(H,34,37);5-7,17-19H,1-4,11H2,(H2,12,15)(H,13,16);1-2H3;1H4/t22-,26-,27-;5-,6-,7-;;/m00../s1/i;;1D;. The Kier molecular flexibility index (Phi) is 27.3. The molecule has 0 saturated heterocycles. The summed E-state index contributed by atoms with van der Waals surface area (Å²) in [6, 6.07) is 27.4. The number of Topliss-reactive ketones (excluding diaryl/α,β-unsaturated/α-hetero) is 2. The number of amides is 4. The molecule has 3 aromatic rings. The van der Waals surface area contributed by atoms with Crippen LogP contribution in [0.25, 0.3) is 0 Å². The number of ketones is 2. The summed E-state index contributed by atoms with van der Waals surface area (Å²) in [4.78, 5) is 72.6. The maximum Gasteiger partial charge on any atom is 0.240 e. The van der Waals surface area contributed by atoms with Crippen molar-refractivity contribution >= 4 is 84.8 Å². The summed E-state index contributed by atoms with van der Waals surface area (Å²) in [5.41, 5.74) is 25.5. The second kappa shape index (κ2) is 30.3. The molecule has 0 aliphatic carbocycles. The van der Waals surface area contributed by atoms with E-state index in [4.69, 9.17) is 24.3 Å². The zero-order chi connectivity index (χ0) is 45.3. The molecule has 3 aromatic carbocycles. The minimum absolute atomic E-state index is 0. The fourth-order valence-electron chi connectivity index (χ4n) is 5.73. The first-order valence-corrected chi connectivity index (χ1v) is 22.2. The van der Waals surface area contributed by atoms with E-state index in [0.29, 0.717) is 25.5 Å². The zero-order valence-electron chi connectivity index (χ0n) is 35.0. The van der Waals surface area contributed by atoms with Crippen molar-refractivity contribution in [3.8, 4) is 0 Å². The highest BCUT2D eigenvalue weighted by Gasteiger charge is 2.39. The van der Waals surface area contributed by atoms with Crippen LogP contribution in [0, 0.1) is 11.8 Å². The van der Waals surface area contributed by atoms with Crippen LogP contribution in [0.15, 0.2) is 91.0 Å². The Balaban J connectivity index is 0.00000132. The second-order valence-corrected chi connectivity index (χ2v) is 15.7. The number of hydrogen-bond acceptors (Lipinski definition) is 12. The van der Waals surface area contributed by atoms with Crippen LogP contribution in [-0.2, 0) is 33.5 Å². The molecule has 0 fully saturated rings. The van der Waals surface area contributed by atoms with E-state index in [1.165, 1.54) is 0 Å². The average Bonchev–Trinajstić information content (AvgIpc) is 3.26. The highest BCUT2D eigenvalue weighted by molar-refractivity contribution is 8.00. The van der Waals surface area contributed by atoms with Gasteiger partial charge in [0.05, 0.1) is 34.7 Å². The SMILES string of the molecule is C.CC[C@H](NC(=O)[C@@H](N)CC)C(=O)C[C@@H](CSC(c1ccccc1)(c1ccccc1)c1ccccc1)C(N)=O.NC(=O)[C@H](CS)NC(=O)[C@H](CS)CC(=O)[C@@H](N)CS.[2H]CC. The van der Waals surface area contributed by atoms with E-state index in [9.17, 15) is 28.8 Å². The highest BCUT2D eigenvalue weighted by atomic mass is 32.2. The van der Waals surface area contributed by atoms with Gasteiger partial charge in [-0.3, -0.25) is 28.8 Å². The summed E-state index contributed by atoms with van der Waals surface area (Å²) in [5.74, 6) is -3.15. The van der Waals surface area contributed by atoms with Crippen molar-refractivity contribution in [2.24, 2.45) is 34.8 Å². The number of rotatable bonds is 23. The summed E-state index contributed by atoms with van der Waals surface area (Å²) >= 11 is 13.4. The molecule has 0 saturated carbocycles.